The molecule has 0 aromatic carbocycles. The third-order valence-electron chi connectivity index (χ3n) is 3.69. The van der Waals surface area contributed by atoms with Crippen molar-refractivity contribution in [2.45, 2.75) is 38.6 Å². The molecule has 1 fully saturated rings. The van der Waals surface area contributed by atoms with E-state index in [1.807, 2.05) is 6.92 Å². The lowest BCUT2D eigenvalue weighted by molar-refractivity contribution is 0.168. The number of hydrogen-bond acceptors (Lipinski definition) is 4. The van der Waals surface area contributed by atoms with Crippen LogP contribution in [0.2, 0.25) is 0 Å². The minimum Gasteiger partial charge on any atom is -0.481 e. The summed E-state index contributed by atoms with van der Waals surface area (Å²) in [5, 5.41) is 3.65. The van der Waals surface area contributed by atoms with E-state index < -0.39 is 0 Å². The fourth-order valence-electron chi connectivity index (χ4n) is 2.07. The molecular weight excluding hydrogens is 238 g/mol. The Balaban J connectivity index is 2.15. The largest absolute Gasteiger partial charge is 0.481 e. The number of aromatic nitrogens is 2. The van der Waals surface area contributed by atoms with Crippen LogP contribution in [0.1, 0.15) is 25.8 Å². The average Bonchev–Trinajstić information content (AvgIpc) is 2.31. The van der Waals surface area contributed by atoms with Gasteiger partial charge in [-0.15, -0.1) is 11.6 Å². The zero-order valence-electron chi connectivity index (χ0n) is 10.6. The summed E-state index contributed by atoms with van der Waals surface area (Å²) in [5.74, 6) is 1.44. The number of nitrogens with one attached hydrogen (secondary N) is 1. The van der Waals surface area contributed by atoms with E-state index in [-0.39, 0.29) is 10.8 Å². The predicted molar refractivity (Wildman–Crippen MR) is 68.8 cm³/mol. The second-order valence-corrected chi connectivity index (χ2v) is 5.60. The van der Waals surface area contributed by atoms with Crippen molar-refractivity contribution in [3.8, 4) is 5.88 Å². The Morgan fingerprint density at radius 3 is 2.71 bits per heavy atom. The van der Waals surface area contributed by atoms with Gasteiger partial charge in [-0.2, -0.15) is 0 Å². The van der Waals surface area contributed by atoms with Crippen LogP contribution in [-0.2, 0) is 0 Å². The molecular formula is C12H18ClN3O. The first-order chi connectivity index (χ1) is 7.96. The van der Waals surface area contributed by atoms with Gasteiger partial charge in [-0.05, 0) is 13.3 Å². The van der Waals surface area contributed by atoms with Gasteiger partial charge in [0.1, 0.15) is 12.1 Å². The van der Waals surface area contributed by atoms with Crippen molar-refractivity contribution in [3.05, 3.63) is 11.9 Å². The first-order valence-electron chi connectivity index (χ1n) is 5.73. The number of anilines is 1. The summed E-state index contributed by atoms with van der Waals surface area (Å²) in [5.41, 5.74) is 1.02. The number of alkyl halides is 1. The highest BCUT2D eigenvalue weighted by atomic mass is 35.5. The second-order valence-electron chi connectivity index (χ2n) is 5.08. The number of rotatable bonds is 3. The zero-order valence-corrected chi connectivity index (χ0v) is 11.4. The minimum absolute atomic E-state index is 0.0895. The lowest BCUT2D eigenvalue weighted by atomic mass is 9.67. The Bertz CT molecular complexity index is 422. The molecule has 0 spiro atoms. The highest BCUT2D eigenvalue weighted by Crippen LogP contribution is 2.45. The van der Waals surface area contributed by atoms with Gasteiger partial charge in [0.15, 0.2) is 0 Å². The first kappa shape index (κ1) is 12.4. The molecule has 5 heteroatoms. The number of methoxy groups -OCH3 is 1. The Morgan fingerprint density at radius 1 is 1.47 bits per heavy atom. The van der Waals surface area contributed by atoms with E-state index in [1.54, 1.807) is 7.11 Å². The summed E-state index contributed by atoms with van der Waals surface area (Å²) in [4.78, 5) is 8.31. The summed E-state index contributed by atoms with van der Waals surface area (Å²) in [6.07, 6.45) is 2.47. The van der Waals surface area contributed by atoms with Gasteiger partial charge in [-0.3, -0.25) is 0 Å². The fraction of sp³-hybridized carbons (Fsp3) is 0.667. The van der Waals surface area contributed by atoms with Crippen LogP contribution in [0.3, 0.4) is 0 Å². The van der Waals surface area contributed by atoms with E-state index in [4.69, 9.17) is 16.3 Å². The Kier molecular flexibility index (Phi) is 3.17. The van der Waals surface area contributed by atoms with Crippen LogP contribution in [0.4, 0.5) is 5.82 Å². The standard InChI is InChI=1S/C12H18ClN3O/c1-7-10(14-6-15-11(7)17-4)16-9-5-8(13)12(9,2)3/h6,8-9H,5H2,1-4H3,(H,14,15,16). The number of halogens is 1. The van der Waals surface area contributed by atoms with Crippen LogP contribution in [0.25, 0.3) is 0 Å². The zero-order chi connectivity index (χ0) is 12.6. The monoisotopic (exact) mass is 255 g/mol. The minimum atomic E-state index is 0.0895. The summed E-state index contributed by atoms with van der Waals surface area (Å²) in [7, 11) is 1.61. The summed E-state index contributed by atoms with van der Waals surface area (Å²) >= 11 is 6.20. The Labute approximate surface area is 107 Å². The van der Waals surface area contributed by atoms with E-state index in [1.165, 1.54) is 6.33 Å². The molecule has 1 aliphatic rings. The van der Waals surface area contributed by atoms with Gasteiger partial charge in [-0.25, -0.2) is 9.97 Å². The van der Waals surface area contributed by atoms with Crippen molar-refractivity contribution in [2.75, 3.05) is 12.4 Å². The van der Waals surface area contributed by atoms with Crippen molar-refractivity contribution in [1.29, 1.82) is 0 Å². The van der Waals surface area contributed by atoms with Crippen LogP contribution in [0.15, 0.2) is 6.33 Å². The average molecular weight is 256 g/mol. The van der Waals surface area contributed by atoms with Gasteiger partial charge in [0.2, 0.25) is 5.88 Å². The van der Waals surface area contributed by atoms with Gasteiger partial charge >= 0.3 is 0 Å². The van der Waals surface area contributed by atoms with Crippen molar-refractivity contribution < 1.29 is 4.74 Å². The van der Waals surface area contributed by atoms with Crippen LogP contribution in [0.5, 0.6) is 5.88 Å². The number of ether oxygens (including phenoxy) is 1. The highest BCUT2D eigenvalue weighted by Gasteiger charge is 2.47. The molecule has 17 heavy (non-hydrogen) atoms. The third-order valence-corrected chi connectivity index (χ3v) is 4.43. The molecule has 1 aromatic rings. The maximum Gasteiger partial charge on any atom is 0.221 e. The van der Waals surface area contributed by atoms with Crippen molar-refractivity contribution in [3.63, 3.8) is 0 Å². The molecule has 1 aliphatic carbocycles. The molecule has 94 valence electrons. The van der Waals surface area contributed by atoms with Crippen LogP contribution < -0.4 is 10.1 Å². The van der Waals surface area contributed by atoms with Gasteiger partial charge in [0, 0.05) is 16.8 Å². The quantitative estimate of drug-likeness (QED) is 0.844. The molecule has 1 aromatic heterocycles. The molecule has 4 nitrogen and oxygen atoms in total. The molecule has 2 atom stereocenters. The molecule has 1 saturated carbocycles. The molecule has 0 saturated heterocycles. The molecule has 2 rings (SSSR count). The molecule has 1 N–H and O–H groups in total. The number of nitrogens with zero attached hydrogens (tertiary/aromatic N) is 2. The van der Waals surface area contributed by atoms with Crippen LogP contribution in [-0.4, -0.2) is 28.5 Å². The van der Waals surface area contributed by atoms with Crippen LogP contribution >= 0.6 is 11.6 Å². The summed E-state index contributed by atoms with van der Waals surface area (Å²) < 4.78 is 5.17. The molecule has 2 unspecified atom stereocenters. The van der Waals surface area contributed by atoms with Gasteiger partial charge in [-0.1, -0.05) is 13.8 Å². The van der Waals surface area contributed by atoms with Gasteiger partial charge in [0.25, 0.3) is 0 Å². The van der Waals surface area contributed by atoms with Crippen molar-refractivity contribution >= 4 is 17.4 Å². The van der Waals surface area contributed by atoms with Crippen molar-refractivity contribution in [1.82, 2.24) is 9.97 Å². The van der Waals surface area contributed by atoms with Crippen LogP contribution in [0, 0.1) is 12.3 Å². The third kappa shape index (κ3) is 2.06. The predicted octanol–water partition coefficient (Wildman–Crippen LogP) is 2.61. The van der Waals surface area contributed by atoms with E-state index in [0.29, 0.717) is 11.9 Å². The fourth-order valence-corrected chi connectivity index (χ4v) is 2.40. The molecule has 0 aliphatic heterocycles. The lowest BCUT2D eigenvalue weighted by Crippen LogP contribution is -2.54. The van der Waals surface area contributed by atoms with Crippen molar-refractivity contribution in [2.24, 2.45) is 5.41 Å². The Morgan fingerprint density at radius 2 is 2.18 bits per heavy atom. The lowest BCUT2D eigenvalue weighted by Gasteiger charge is -2.49. The SMILES string of the molecule is COc1ncnc(NC2CC(Cl)C2(C)C)c1C. The van der Waals surface area contributed by atoms with E-state index in [2.05, 4.69) is 29.1 Å². The number of hydrogen-bond donors (Lipinski definition) is 1. The summed E-state index contributed by atoms with van der Waals surface area (Å²) in [6, 6.07) is 0.350. The second kappa shape index (κ2) is 4.33. The van der Waals surface area contributed by atoms with E-state index in [9.17, 15) is 0 Å². The molecule has 0 radical (unpaired) electrons. The van der Waals surface area contributed by atoms with Gasteiger partial charge in [0.05, 0.1) is 12.7 Å². The topological polar surface area (TPSA) is 47.0 Å². The molecule has 0 amide bonds. The van der Waals surface area contributed by atoms with E-state index >= 15 is 0 Å². The smallest absolute Gasteiger partial charge is 0.221 e. The Hall–Kier alpha value is -1.03. The van der Waals surface area contributed by atoms with Gasteiger partial charge < -0.3 is 10.1 Å². The first-order valence-corrected chi connectivity index (χ1v) is 6.16. The maximum atomic E-state index is 6.20. The van der Waals surface area contributed by atoms with E-state index in [0.717, 1.165) is 17.8 Å². The summed E-state index contributed by atoms with van der Waals surface area (Å²) in [6.45, 7) is 6.28. The maximum absolute atomic E-state index is 6.20. The molecule has 0 bridgehead atoms. The normalized spacial score (nSPS) is 26.2. The molecule has 1 heterocycles. The highest BCUT2D eigenvalue weighted by molar-refractivity contribution is 6.21.